The van der Waals surface area contributed by atoms with Gasteiger partial charge in [-0.1, -0.05) is 89.0 Å². The molecule has 44 heavy (non-hydrogen) atoms. The fourth-order valence-electron chi connectivity index (χ4n) is 7.89. The minimum Gasteiger partial charge on any atom is -0.462 e. The van der Waals surface area contributed by atoms with Gasteiger partial charge in [0.25, 0.3) is 0 Å². The summed E-state index contributed by atoms with van der Waals surface area (Å²) < 4.78 is 5.39. The van der Waals surface area contributed by atoms with Crippen molar-refractivity contribution in [1.29, 1.82) is 0 Å². The number of ether oxygens (including phenoxy) is 1. The molecule has 2 saturated carbocycles. The predicted octanol–water partition coefficient (Wildman–Crippen LogP) is 11.5. The van der Waals surface area contributed by atoms with Crippen LogP contribution in [0.3, 0.4) is 0 Å². The Bertz CT molecular complexity index is 987. The van der Waals surface area contributed by atoms with Crippen LogP contribution in [0.1, 0.15) is 145 Å². The van der Waals surface area contributed by atoms with Crippen molar-refractivity contribution in [3.05, 3.63) is 58.7 Å². The largest absolute Gasteiger partial charge is 0.462 e. The molecule has 0 bridgehead atoms. The minimum atomic E-state index is -0.347. The molecule has 0 aromatic rings. The highest BCUT2D eigenvalue weighted by Crippen LogP contribution is 2.47. The lowest BCUT2D eigenvalue weighted by Crippen LogP contribution is -2.33. The lowest BCUT2D eigenvalue weighted by molar-refractivity contribution is -0.141. The second-order valence-electron chi connectivity index (χ2n) is 14.2. The van der Waals surface area contributed by atoms with Crippen LogP contribution in [0.25, 0.3) is 0 Å². The van der Waals surface area contributed by atoms with E-state index in [9.17, 15) is 9.90 Å². The Morgan fingerprint density at radius 3 is 2.16 bits per heavy atom. The van der Waals surface area contributed by atoms with Crippen molar-refractivity contribution in [3.8, 4) is 0 Å². The summed E-state index contributed by atoms with van der Waals surface area (Å²) in [6.45, 7) is 19.5. The van der Waals surface area contributed by atoms with Gasteiger partial charge in [-0.15, -0.1) is 0 Å². The monoisotopic (exact) mass is 609 g/mol. The Kier molecular flexibility index (Phi) is 18.3. The molecule has 0 spiro atoms. The van der Waals surface area contributed by atoms with Gasteiger partial charge in [-0.05, 0) is 139 Å². The van der Waals surface area contributed by atoms with Crippen molar-refractivity contribution in [2.75, 3.05) is 13.2 Å². The van der Waals surface area contributed by atoms with Crippen LogP contribution in [-0.2, 0) is 9.53 Å². The second-order valence-corrected chi connectivity index (χ2v) is 14.2. The normalized spacial score (nSPS) is 26.4. The molecule has 4 atom stereocenters. The minimum absolute atomic E-state index is 0.0290. The molecule has 1 N–H and O–H groups in total. The van der Waals surface area contributed by atoms with Crippen molar-refractivity contribution in [3.63, 3.8) is 0 Å². The maximum atomic E-state index is 11.8. The van der Waals surface area contributed by atoms with Crippen molar-refractivity contribution in [1.82, 2.24) is 0 Å². The average molecular weight is 609 g/mol. The molecule has 2 aliphatic rings. The SMILES string of the molecule is C=C(C)C(=O)OCC(CO)CC1CCC(C2CCC(/C(=C/C=C(C)/C(=C/C=C(\C)CCCCC)CC)CC)CC2)CC1CC. The van der Waals surface area contributed by atoms with E-state index in [0.717, 1.165) is 37.0 Å². The molecule has 250 valence electrons. The number of rotatable bonds is 18. The van der Waals surface area contributed by atoms with Crippen LogP contribution in [0.4, 0.5) is 0 Å². The molecule has 2 rings (SSSR count). The average Bonchev–Trinajstić information content (AvgIpc) is 3.03. The zero-order valence-corrected chi connectivity index (χ0v) is 29.8. The number of carbonyl (C=O) groups is 1. The Labute approximate surface area is 272 Å². The van der Waals surface area contributed by atoms with Gasteiger partial charge in [-0.25, -0.2) is 4.79 Å². The lowest BCUT2D eigenvalue weighted by Gasteiger charge is -2.42. The smallest absolute Gasteiger partial charge is 0.333 e. The summed E-state index contributed by atoms with van der Waals surface area (Å²) in [5.74, 6) is 3.47. The van der Waals surface area contributed by atoms with Crippen LogP contribution >= 0.6 is 0 Å². The molecule has 0 amide bonds. The van der Waals surface area contributed by atoms with Gasteiger partial charge in [0, 0.05) is 18.1 Å². The zero-order chi connectivity index (χ0) is 32.5. The van der Waals surface area contributed by atoms with Crippen LogP contribution in [0.15, 0.2) is 58.7 Å². The van der Waals surface area contributed by atoms with Crippen LogP contribution in [0.5, 0.6) is 0 Å². The molecule has 0 aromatic carbocycles. The second kappa shape index (κ2) is 21.0. The summed E-state index contributed by atoms with van der Waals surface area (Å²) in [7, 11) is 0. The predicted molar refractivity (Wildman–Crippen MR) is 189 cm³/mol. The number of aliphatic hydroxyl groups excluding tert-OH is 1. The van der Waals surface area contributed by atoms with E-state index in [2.05, 4.69) is 72.4 Å². The summed E-state index contributed by atoms with van der Waals surface area (Å²) in [4.78, 5) is 11.8. The third-order valence-electron chi connectivity index (χ3n) is 10.9. The molecule has 0 saturated heterocycles. The topological polar surface area (TPSA) is 46.5 Å². The lowest BCUT2D eigenvalue weighted by atomic mass is 9.63. The highest BCUT2D eigenvalue weighted by atomic mass is 16.5. The summed E-state index contributed by atoms with van der Waals surface area (Å²) in [5.41, 5.74) is 6.42. The van der Waals surface area contributed by atoms with Gasteiger partial charge in [0.2, 0.25) is 0 Å². The van der Waals surface area contributed by atoms with Crippen molar-refractivity contribution < 1.29 is 14.6 Å². The maximum Gasteiger partial charge on any atom is 0.333 e. The Morgan fingerprint density at radius 2 is 1.57 bits per heavy atom. The van der Waals surface area contributed by atoms with Gasteiger partial charge < -0.3 is 9.84 Å². The van der Waals surface area contributed by atoms with E-state index >= 15 is 0 Å². The van der Waals surface area contributed by atoms with Crippen LogP contribution < -0.4 is 0 Å². The van der Waals surface area contributed by atoms with Gasteiger partial charge in [-0.2, -0.15) is 0 Å². The van der Waals surface area contributed by atoms with Gasteiger partial charge in [-0.3, -0.25) is 0 Å². The Balaban J connectivity index is 1.92. The number of unbranched alkanes of at least 4 members (excludes halogenated alkanes) is 2. The molecule has 2 fully saturated rings. The number of hydrogen-bond acceptors (Lipinski definition) is 3. The highest BCUT2D eigenvalue weighted by molar-refractivity contribution is 5.86. The molecule has 3 heteroatoms. The van der Waals surface area contributed by atoms with Crippen LogP contribution in [0.2, 0.25) is 0 Å². The molecule has 0 heterocycles. The maximum absolute atomic E-state index is 11.8. The van der Waals surface area contributed by atoms with E-state index in [0.29, 0.717) is 24.0 Å². The van der Waals surface area contributed by atoms with Crippen LogP contribution in [0, 0.1) is 35.5 Å². The third-order valence-corrected chi connectivity index (χ3v) is 10.9. The number of hydrogen-bond donors (Lipinski definition) is 1. The number of esters is 1. The standard InChI is InChI=1S/C41H68O3/c1-9-13-14-15-31(7)16-18-34(10-2)32(8)17-19-35(11-3)37-20-22-38(23-21-37)40-25-24-39(36(12-4)27-40)26-33(28-42)29-44-41(43)30(5)6/h16-19,33,36-40,42H,5,9-15,20-29H2,1-4,6-8H3/b31-16+,32-17+,34-18+,35-19+. The zero-order valence-electron chi connectivity index (χ0n) is 29.8. The number of aliphatic hydroxyl groups is 1. The number of allylic oxidation sites excluding steroid dienone is 8. The fourth-order valence-corrected chi connectivity index (χ4v) is 7.89. The van der Waals surface area contributed by atoms with E-state index in [4.69, 9.17) is 4.74 Å². The molecule has 2 aliphatic carbocycles. The first-order chi connectivity index (χ1) is 21.2. The van der Waals surface area contributed by atoms with E-state index < -0.39 is 0 Å². The molecular formula is C41H68O3. The fraction of sp³-hybridized carbons (Fsp3) is 0.732. The highest BCUT2D eigenvalue weighted by Gasteiger charge is 2.36. The molecule has 3 nitrogen and oxygen atoms in total. The molecule has 4 unspecified atom stereocenters. The summed E-state index contributed by atoms with van der Waals surface area (Å²) in [5, 5.41) is 9.97. The molecule has 0 aliphatic heterocycles. The first kappa shape index (κ1) is 38.3. The van der Waals surface area contributed by atoms with Gasteiger partial charge in [0.1, 0.15) is 0 Å². The summed E-state index contributed by atoms with van der Waals surface area (Å²) in [6, 6.07) is 0. The quantitative estimate of drug-likeness (QED) is 0.0728. The van der Waals surface area contributed by atoms with Gasteiger partial charge in [0.15, 0.2) is 0 Å². The third kappa shape index (κ3) is 12.9. The first-order valence-corrected chi connectivity index (χ1v) is 18.3. The van der Waals surface area contributed by atoms with E-state index in [-0.39, 0.29) is 18.5 Å². The van der Waals surface area contributed by atoms with E-state index in [1.165, 1.54) is 93.8 Å². The van der Waals surface area contributed by atoms with Gasteiger partial charge >= 0.3 is 5.97 Å². The molecule has 0 aromatic heterocycles. The summed E-state index contributed by atoms with van der Waals surface area (Å²) >= 11 is 0. The molecule has 0 radical (unpaired) electrons. The van der Waals surface area contributed by atoms with Crippen molar-refractivity contribution >= 4 is 5.97 Å². The molecular weight excluding hydrogens is 540 g/mol. The van der Waals surface area contributed by atoms with E-state index in [1.54, 1.807) is 12.5 Å². The Hall–Kier alpha value is -1.87. The van der Waals surface area contributed by atoms with E-state index in [1.807, 2.05) is 0 Å². The van der Waals surface area contributed by atoms with Crippen LogP contribution in [-0.4, -0.2) is 24.3 Å². The first-order valence-electron chi connectivity index (χ1n) is 18.3. The van der Waals surface area contributed by atoms with Gasteiger partial charge in [0.05, 0.1) is 6.61 Å². The number of carbonyl (C=O) groups excluding carboxylic acids is 1. The summed E-state index contributed by atoms with van der Waals surface area (Å²) in [6.07, 6.45) is 28.4. The van der Waals surface area contributed by atoms with Crippen molar-refractivity contribution in [2.45, 2.75) is 145 Å². The Morgan fingerprint density at radius 1 is 0.864 bits per heavy atom. The van der Waals surface area contributed by atoms with Crippen molar-refractivity contribution in [2.24, 2.45) is 35.5 Å².